The summed E-state index contributed by atoms with van der Waals surface area (Å²) in [7, 11) is 1.52. The normalized spacial score (nSPS) is 11.7. The lowest BCUT2D eigenvalue weighted by Gasteiger charge is -2.13. The van der Waals surface area contributed by atoms with Gasteiger partial charge in [0.05, 0.1) is 17.7 Å². The van der Waals surface area contributed by atoms with Crippen molar-refractivity contribution in [1.29, 1.82) is 0 Å². The molecule has 0 N–H and O–H groups in total. The van der Waals surface area contributed by atoms with Crippen LogP contribution in [0.25, 0.3) is 0 Å². The maximum Gasteiger partial charge on any atom is 0.340 e. The molecule has 0 aromatic heterocycles. The molecule has 0 saturated carbocycles. The van der Waals surface area contributed by atoms with Gasteiger partial charge in [-0.15, -0.1) is 0 Å². The van der Waals surface area contributed by atoms with E-state index in [0.717, 1.165) is 12.1 Å². The Balaban J connectivity index is 2.09. The summed E-state index contributed by atoms with van der Waals surface area (Å²) in [6, 6.07) is 9.75. The van der Waals surface area contributed by atoms with Gasteiger partial charge in [0.25, 0.3) is 0 Å². The van der Waals surface area contributed by atoms with Crippen molar-refractivity contribution in [1.82, 2.24) is 0 Å². The van der Waals surface area contributed by atoms with Crippen molar-refractivity contribution in [2.24, 2.45) is 0 Å². The standard InChI is InChI=1S/C17H14ClFO4/c1-10(16(20)11-3-6-13(22-2)7-4-11)23-17(21)14-8-5-12(19)9-15(14)18/h3-10H,1-2H3. The van der Waals surface area contributed by atoms with E-state index in [4.69, 9.17) is 21.1 Å². The molecular weight excluding hydrogens is 323 g/mol. The molecule has 0 aliphatic heterocycles. The minimum Gasteiger partial charge on any atom is -0.497 e. The Morgan fingerprint density at radius 1 is 1.13 bits per heavy atom. The zero-order valence-corrected chi connectivity index (χ0v) is 13.3. The molecule has 1 unspecified atom stereocenters. The molecule has 4 nitrogen and oxygen atoms in total. The van der Waals surface area contributed by atoms with Crippen LogP contribution in [-0.2, 0) is 4.74 Å². The van der Waals surface area contributed by atoms with Crippen molar-refractivity contribution in [2.45, 2.75) is 13.0 Å². The molecule has 0 radical (unpaired) electrons. The Morgan fingerprint density at radius 2 is 1.78 bits per heavy atom. The van der Waals surface area contributed by atoms with Crippen LogP contribution in [0.15, 0.2) is 42.5 Å². The number of halogens is 2. The Morgan fingerprint density at radius 3 is 2.35 bits per heavy atom. The number of carbonyl (C=O) groups is 2. The van der Waals surface area contributed by atoms with E-state index in [1.54, 1.807) is 24.3 Å². The summed E-state index contributed by atoms with van der Waals surface area (Å²) in [6.07, 6.45) is -1.00. The quantitative estimate of drug-likeness (QED) is 0.613. The van der Waals surface area contributed by atoms with Gasteiger partial charge in [-0.05, 0) is 49.4 Å². The van der Waals surface area contributed by atoms with Crippen LogP contribution in [0.4, 0.5) is 4.39 Å². The van der Waals surface area contributed by atoms with E-state index < -0.39 is 17.9 Å². The maximum absolute atomic E-state index is 13.0. The fraction of sp³-hybridized carbons (Fsp3) is 0.176. The summed E-state index contributed by atoms with van der Waals surface area (Å²) in [5, 5.41) is -0.0703. The molecule has 0 aliphatic carbocycles. The number of Topliss-reactive ketones (excluding diaryl/α,β-unsaturated/α-hetero) is 1. The number of hydrogen-bond donors (Lipinski definition) is 0. The molecule has 2 aromatic carbocycles. The number of benzene rings is 2. The predicted octanol–water partition coefficient (Wildman–Crippen LogP) is 3.92. The fourth-order valence-corrected chi connectivity index (χ4v) is 2.17. The van der Waals surface area contributed by atoms with Crippen LogP contribution in [0.2, 0.25) is 5.02 Å². The van der Waals surface area contributed by atoms with Gasteiger partial charge < -0.3 is 9.47 Å². The van der Waals surface area contributed by atoms with Crippen molar-refractivity contribution >= 4 is 23.4 Å². The molecule has 0 fully saturated rings. The highest BCUT2D eigenvalue weighted by Gasteiger charge is 2.22. The van der Waals surface area contributed by atoms with Gasteiger partial charge in [-0.3, -0.25) is 4.79 Å². The lowest BCUT2D eigenvalue weighted by molar-refractivity contribution is 0.0319. The van der Waals surface area contributed by atoms with Crippen molar-refractivity contribution in [3.8, 4) is 5.75 Å². The van der Waals surface area contributed by atoms with Crippen LogP contribution in [0.5, 0.6) is 5.75 Å². The zero-order valence-electron chi connectivity index (χ0n) is 12.5. The largest absolute Gasteiger partial charge is 0.497 e. The average molecular weight is 337 g/mol. The molecule has 2 rings (SSSR count). The summed E-state index contributed by atoms with van der Waals surface area (Å²) in [5.41, 5.74) is 0.388. The van der Waals surface area contributed by atoms with Crippen LogP contribution in [0.3, 0.4) is 0 Å². The second-order valence-electron chi connectivity index (χ2n) is 4.76. The molecule has 0 spiro atoms. The third-order valence-corrected chi connectivity index (χ3v) is 3.49. The Labute approximate surface area is 137 Å². The van der Waals surface area contributed by atoms with E-state index in [-0.39, 0.29) is 16.4 Å². The van der Waals surface area contributed by atoms with Crippen LogP contribution in [0.1, 0.15) is 27.6 Å². The average Bonchev–Trinajstić information content (AvgIpc) is 2.54. The minimum absolute atomic E-state index is 0.00227. The zero-order chi connectivity index (χ0) is 17.0. The first-order valence-corrected chi connectivity index (χ1v) is 7.14. The molecule has 1 atom stereocenters. The Bertz CT molecular complexity index is 728. The number of ketones is 1. The molecule has 0 amide bonds. The number of carbonyl (C=O) groups excluding carboxylic acids is 2. The summed E-state index contributed by atoms with van der Waals surface area (Å²) in [5.74, 6) is -1.10. The van der Waals surface area contributed by atoms with Crippen molar-refractivity contribution in [2.75, 3.05) is 7.11 Å². The van der Waals surface area contributed by atoms with E-state index >= 15 is 0 Å². The second-order valence-corrected chi connectivity index (χ2v) is 5.17. The molecule has 2 aromatic rings. The van der Waals surface area contributed by atoms with Gasteiger partial charge in [-0.1, -0.05) is 11.6 Å². The van der Waals surface area contributed by atoms with E-state index in [1.165, 1.54) is 20.1 Å². The molecular formula is C17H14ClFO4. The summed E-state index contributed by atoms with van der Waals surface area (Å²) in [4.78, 5) is 24.3. The molecule has 6 heteroatoms. The summed E-state index contributed by atoms with van der Waals surface area (Å²) >= 11 is 5.80. The van der Waals surface area contributed by atoms with Gasteiger partial charge >= 0.3 is 5.97 Å². The van der Waals surface area contributed by atoms with Gasteiger partial charge in [-0.25, -0.2) is 9.18 Å². The molecule has 23 heavy (non-hydrogen) atoms. The molecule has 0 heterocycles. The monoisotopic (exact) mass is 336 g/mol. The maximum atomic E-state index is 13.0. The van der Waals surface area contributed by atoms with Gasteiger partial charge in [-0.2, -0.15) is 0 Å². The van der Waals surface area contributed by atoms with Crippen LogP contribution >= 0.6 is 11.6 Å². The van der Waals surface area contributed by atoms with Gasteiger partial charge in [0.15, 0.2) is 6.10 Å². The first-order chi connectivity index (χ1) is 10.9. The Kier molecular flexibility index (Phi) is 5.34. The van der Waals surface area contributed by atoms with Crippen LogP contribution in [-0.4, -0.2) is 25.0 Å². The van der Waals surface area contributed by atoms with Crippen molar-refractivity contribution in [3.05, 3.63) is 64.4 Å². The predicted molar refractivity (Wildman–Crippen MR) is 83.6 cm³/mol. The van der Waals surface area contributed by atoms with Crippen LogP contribution in [0, 0.1) is 5.82 Å². The fourth-order valence-electron chi connectivity index (χ4n) is 1.92. The topological polar surface area (TPSA) is 52.6 Å². The summed E-state index contributed by atoms with van der Waals surface area (Å²) < 4.78 is 23.1. The first-order valence-electron chi connectivity index (χ1n) is 6.76. The van der Waals surface area contributed by atoms with Gasteiger partial charge in [0.2, 0.25) is 5.78 Å². The molecule has 0 bridgehead atoms. The van der Waals surface area contributed by atoms with E-state index in [2.05, 4.69) is 0 Å². The van der Waals surface area contributed by atoms with E-state index in [0.29, 0.717) is 11.3 Å². The number of ether oxygens (including phenoxy) is 2. The minimum atomic E-state index is -1.00. The lowest BCUT2D eigenvalue weighted by Crippen LogP contribution is -2.24. The lowest BCUT2D eigenvalue weighted by atomic mass is 10.1. The number of hydrogen-bond acceptors (Lipinski definition) is 4. The third-order valence-electron chi connectivity index (χ3n) is 3.18. The third kappa shape index (κ3) is 4.07. The number of esters is 1. The highest BCUT2D eigenvalue weighted by molar-refractivity contribution is 6.33. The second kappa shape index (κ2) is 7.24. The van der Waals surface area contributed by atoms with E-state index in [1.807, 2.05) is 0 Å². The van der Waals surface area contributed by atoms with Crippen LogP contribution < -0.4 is 4.74 Å². The number of methoxy groups -OCH3 is 1. The van der Waals surface area contributed by atoms with E-state index in [9.17, 15) is 14.0 Å². The van der Waals surface area contributed by atoms with Crippen molar-refractivity contribution < 1.29 is 23.5 Å². The first kappa shape index (κ1) is 17.0. The molecule has 120 valence electrons. The summed E-state index contributed by atoms with van der Waals surface area (Å²) in [6.45, 7) is 1.46. The highest BCUT2D eigenvalue weighted by Crippen LogP contribution is 2.20. The highest BCUT2D eigenvalue weighted by atomic mass is 35.5. The molecule has 0 aliphatic rings. The van der Waals surface area contributed by atoms with Gasteiger partial charge in [0, 0.05) is 5.56 Å². The van der Waals surface area contributed by atoms with Gasteiger partial charge in [0.1, 0.15) is 11.6 Å². The SMILES string of the molecule is COc1ccc(C(=O)C(C)OC(=O)c2ccc(F)cc2Cl)cc1. The molecule has 0 saturated heterocycles. The number of rotatable bonds is 5. The smallest absolute Gasteiger partial charge is 0.340 e. The Hall–Kier alpha value is -2.40. The van der Waals surface area contributed by atoms with Crippen molar-refractivity contribution in [3.63, 3.8) is 0 Å².